The number of nitrogens with one attached hydrogen (secondary N) is 8. The van der Waals surface area contributed by atoms with Gasteiger partial charge in [0.15, 0.2) is 0 Å². The van der Waals surface area contributed by atoms with Gasteiger partial charge in [0.25, 0.3) is 0 Å². The Labute approximate surface area is 287 Å². The first-order valence-electron chi connectivity index (χ1n) is 17.9. The van der Waals surface area contributed by atoms with Crippen LogP contribution in [-0.4, -0.2) is 71.3 Å². The molecule has 0 amide bonds. The van der Waals surface area contributed by atoms with Crippen LogP contribution >= 0.6 is 24.8 Å². The minimum Gasteiger partial charge on any atom is -0.286 e. The van der Waals surface area contributed by atoms with Gasteiger partial charge >= 0.3 is 0 Å². The molecule has 0 aromatic carbocycles. The smallest absolute Gasteiger partial charge is 0.0628 e. The average molecular weight is 690 g/mol. The highest BCUT2D eigenvalue weighted by Crippen LogP contribution is 2.45. The Morgan fingerprint density at radius 2 is 0.341 bits per heavy atom. The third-order valence-electron chi connectivity index (χ3n) is 13.8. The van der Waals surface area contributed by atoms with Crippen LogP contribution in [0.1, 0.15) is 103 Å². The third kappa shape index (κ3) is 6.28. The second-order valence-corrected chi connectivity index (χ2v) is 15.6. The molecule has 8 N–H and O–H groups in total. The maximum atomic E-state index is 4.26. The molecule has 8 nitrogen and oxygen atoms in total. The summed E-state index contributed by atoms with van der Waals surface area (Å²) in [4.78, 5) is 0. The third-order valence-corrected chi connectivity index (χ3v) is 13.8. The van der Waals surface area contributed by atoms with Crippen molar-refractivity contribution in [3.8, 4) is 0 Å². The Bertz CT molecular complexity index is 733. The van der Waals surface area contributed by atoms with Gasteiger partial charge in [0.05, 0.1) is 49.3 Å². The fourth-order valence-corrected chi connectivity index (χ4v) is 12.0. The second-order valence-electron chi connectivity index (χ2n) is 15.6. The molecule has 44 heavy (non-hydrogen) atoms. The van der Waals surface area contributed by atoms with Crippen molar-refractivity contribution in [1.29, 1.82) is 0 Å². The average Bonchev–Trinajstić information content (AvgIpc) is 3.73. The van der Waals surface area contributed by atoms with E-state index < -0.39 is 0 Å². The molecule has 8 atom stereocenters. The normalized spacial score (nSPS) is 52.4. The zero-order chi connectivity index (χ0) is 26.2. The van der Waals surface area contributed by atoms with Gasteiger partial charge in [0.1, 0.15) is 0 Å². The van der Waals surface area contributed by atoms with E-state index in [-0.39, 0.29) is 46.7 Å². The zero-order valence-corrected chi connectivity index (χ0v) is 27.0. The van der Waals surface area contributed by atoms with E-state index in [4.69, 9.17) is 0 Å². The molecule has 9 rings (SSSR count). The fraction of sp³-hybridized carbons (Fsp3) is 1.00. The Hall–Kier alpha value is 0.694. The molecule has 5 heterocycles. The summed E-state index contributed by atoms with van der Waals surface area (Å²) < 4.78 is 0. The second kappa shape index (κ2) is 15.1. The molecule has 0 radical (unpaired) electrons. The van der Waals surface area contributed by atoms with Gasteiger partial charge < -0.3 is 0 Å². The van der Waals surface area contributed by atoms with Crippen LogP contribution in [0.3, 0.4) is 0 Å². The van der Waals surface area contributed by atoms with Crippen molar-refractivity contribution in [2.45, 2.75) is 152 Å². The zero-order valence-electron chi connectivity index (χ0n) is 25.4. The molecule has 5 aliphatic heterocycles. The van der Waals surface area contributed by atoms with Gasteiger partial charge in [-0.15, -0.1) is 24.8 Å². The molecule has 0 aromatic heterocycles. The summed E-state index contributed by atoms with van der Waals surface area (Å²) in [5, 5.41) is 33.8. The summed E-state index contributed by atoms with van der Waals surface area (Å²) in [7, 11) is 0. The maximum absolute atomic E-state index is 4.26. The molecular formula is C32H66Cl2N8Si2. The van der Waals surface area contributed by atoms with Crippen molar-refractivity contribution in [2.24, 2.45) is 47.3 Å². The van der Waals surface area contributed by atoms with E-state index in [2.05, 4.69) is 42.5 Å². The molecular weight excluding hydrogens is 623 g/mol. The van der Waals surface area contributed by atoms with Crippen LogP contribution in [0, 0.1) is 47.3 Å². The quantitative estimate of drug-likeness (QED) is 0.175. The molecule has 0 spiro atoms. The Balaban J connectivity index is 0.000000960. The first kappa shape index (κ1) is 36.0. The van der Waals surface area contributed by atoms with Gasteiger partial charge in [-0.05, 0) is 121 Å². The number of halogens is 2. The first-order chi connectivity index (χ1) is 19.8. The van der Waals surface area contributed by atoms with Gasteiger partial charge in [0, 0.05) is 0 Å². The van der Waals surface area contributed by atoms with Crippen LogP contribution in [0.25, 0.3) is 0 Å². The van der Waals surface area contributed by atoms with Crippen molar-refractivity contribution in [3.63, 3.8) is 0 Å². The van der Waals surface area contributed by atoms with Gasteiger partial charge in [-0.3, -0.25) is 42.5 Å². The Morgan fingerprint density at radius 1 is 0.227 bits per heavy atom. The van der Waals surface area contributed by atoms with Gasteiger partial charge in [-0.2, -0.15) is 0 Å². The highest BCUT2D eigenvalue weighted by atomic mass is 35.5. The van der Waals surface area contributed by atoms with E-state index in [1.165, 1.54) is 103 Å². The van der Waals surface area contributed by atoms with Crippen LogP contribution in [0.2, 0.25) is 0 Å². The molecule has 8 unspecified atom stereocenters. The lowest BCUT2D eigenvalue weighted by Gasteiger charge is -2.35. The predicted molar refractivity (Wildman–Crippen MR) is 194 cm³/mol. The Kier molecular flexibility index (Phi) is 12.3. The van der Waals surface area contributed by atoms with Crippen LogP contribution in [0.15, 0.2) is 0 Å². The number of hydrogen-bond donors (Lipinski definition) is 8. The first-order valence-corrected chi connectivity index (χ1v) is 17.9. The molecule has 8 bridgehead atoms. The molecule has 9 aliphatic rings. The number of rotatable bonds is 0. The van der Waals surface area contributed by atoms with E-state index in [9.17, 15) is 0 Å². The van der Waals surface area contributed by atoms with E-state index in [1.54, 1.807) is 0 Å². The van der Waals surface area contributed by atoms with E-state index in [0.717, 1.165) is 47.3 Å². The van der Waals surface area contributed by atoms with Gasteiger partial charge in [0.2, 0.25) is 0 Å². The molecule has 0 aromatic rings. The highest BCUT2D eigenvalue weighted by Gasteiger charge is 2.54. The van der Waals surface area contributed by atoms with Crippen LogP contribution in [0.5, 0.6) is 0 Å². The van der Waals surface area contributed by atoms with Gasteiger partial charge in [-0.1, -0.05) is 51.4 Å². The minimum absolute atomic E-state index is 0. The molecule has 12 heteroatoms. The highest BCUT2D eigenvalue weighted by molar-refractivity contribution is 5.85. The summed E-state index contributed by atoms with van der Waals surface area (Å²) in [6, 6.07) is 0. The standard InChI is InChI=1S/C32H56N8.2ClH.2H4Si/c1-2-10-18-17(9-1)25-33-26(18)38-28-21-13-5-6-14-22(21)30(35-28)40-32-24-16-8-7-15-23(24)31(36-32)39-29-20-12-4-3-11-19(20)27(34-29)37-25;;;;/h17-40H,1-16H2;2*1H;2*1H4. The molecule has 5 saturated heterocycles. The monoisotopic (exact) mass is 688 g/mol. The van der Waals surface area contributed by atoms with Crippen molar-refractivity contribution >= 4 is 46.7 Å². The molecule has 4 aliphatic carbocycles. The van der Waals surface area contributed by atoms with Crippen molar-refractivity contribution < 1.29 is 0 Å². The molecule has 4 saturated carbocycles. The summed E-state index contributed by atoms with van der Waals surface area (Å²) in [6.07, 6.45) is 25.6. The van der Waals surface area contributed by atoms with Crippen LogP contribution < -0.4 is 42.5 Å². The summed E-state index contributed by atoms with van der Waals surface area (Å²) >= 11 is 0. The summed E-state index contributed by atoms with van der Waals surface area (Å²) in [5.74, 6) is 5.97. The van der Waals surface area contributed by atoms with Gasteiger partial charge in [-0.25, -0.2) is 0 Å². The van der Waals surface area contributed by atoms with Crippen LogP contribution in [0.4, 0.5) is 0 Å². The lowest BCUT2D eigenvalue weighted by atomic mass is 9.76. The fourth-order valence-electron chi connectivity index (χ4n) is 12.0. The van der Waals surface area contributed by atoms with E-state index in [1.807, 2.05) is 0 Å². The van der Waals surface area contributed by atoms with Crippen molar-refractivity contribution in [2.75, 3.05) is 0 Å². The maximum Gasteiger partial charge on any atom is 0.0628 e. The topological polar surface area (TPSA) is 96.2 Å². The summed E-state index contributed by atoms with van der Waals surface area (Å²) in [6.45, 7) is 0. The van der Waals surface area contributed by atoms with E-state index >= 15 is 0 Å². The lowest BCUT2D eigenvalue weighted by Crippen LogP contribution is -2.61. The summed E-state index contributed by atoms with van der Waals surface area (Å²) in [5.41, 5.74) is 0. The number of hydrogen-bond acceptors (Lipinski definition) is 8. The number of fused-ring (bicyclic) bond motifs is 20. The van der Waals surface area contributed by atoms with Crippen molar-refractivity contribution in [3.05, 3.63) is 0 Å². The lowest BCUT2D eigenvalue weighted by molar-refractivity contribution is 0.167. The largest absolute Gasteiger partial charge is 0.286 e. The Morgan fingerprint density at radius 3 is 0.455 bits per heavy atom. The molecule has 256 valence electrons. The minimum atomic E-state index is 0. The molecule has 9 fully saturated rings. The van der Waals surface area contributed by atoms with Crippen LogP contribution in [-0.2, 0) is 0 Å². The van der Waals surface area contributed by atoms with E-state index in [0.29, 0.717) is 49.3 Å². The van der Waals surface area contributed by atoms with Crippen molar-refractivity contribution in [1.82, 2.24) is 42.5 Å². The SMILES string of the molecule is C1CCC2C3NC(NC4NC(NC5NC(NC6NC(N3)C3CCCCC63)C3CCCCC53)C3CCCCC43)C2C1.Cl.Cl.[SiH4].[SiH4]. The predicted octanol–water partition coefficient (Wildman–Crippen LogP) is 0.546.